The van der Waals surface area contributed by atoms with Gasteiger partial charge >= 0.3 is 0 Å². The third-order valence-electron chi connectivity index (χ3n) is 3.77. The molecule has 0 saturated carbocycles. The largest absolute Gasteiger partial charge is 0.394 e. The average Bonchev–Trinajstić information content (AvgIpc) is 3.09. The molecule has 2 aromatic heterocycles. The molecule has 0 aliphatic carbocycles. The summed E-state index contributed by atoms with van der Waals surface area (Å²) in [4.78, 5) is 17.7. The topological polar surface area (TPSA) is 135 Å². The van der Waals surface area contributed by atoms with Crippen molar-refractivity contribution in [1.82, 2.24) is 19.5 Å². The van der Waals surface area contributed by atoms with Crippen LogP contribution in [-0.4, -0.2) is 66.4 Å². The van der Waals surface area contributed by atoms with E-state index in [1.54, 1.807) is 0 Å². The number of hydrogen-bond acceptors (Lipinski definition) is 9. The van der Waals surface area contributed by atoms with E-state index in [2.05, 4.69) is 20.4 Å². The van der Waals surface area contributed by atoms with E-state index in [-0.39, 0.29) is 11.1 Å². The van der Waals surface area contributed by atoms with Crippen molar-refractivity contribution in [2.24, 2.45) is 5.92 Å². The zero-order valence-electron chi connectivity index (χ0n) is 13.7. The Morgan fingerprint density at radius 2 is 2.12 bits per heavy atom. The first-order valence-electron chi connectivity index (χ1n) is 7.82. The van der Waals surface area contributed by atoms with Crippen LogP contribution in [0.15, 0.2) is 6.33 Å². The van der Waals surface area contributed by atoms with E-state index in [0.29, 0.717) is 23.7 Å². The summed E-state index contributed by atoms with van der Waals surface area (Å²) in [5.74, 6) is 0.595. The van der Waals surface area contributed by atoms with Crippen molar-refractivity contribution in [3.05, 3.63) is 11.6 Å². The highest BCUT2D eigenvalue weighted by Crippen LogP contribution is 2.32. The SMILES string of the molecule is CC(C)CONc1nc(Cl)nc2c1ncn2[C@@H]1O[C@H](CO)C(O)C1O. The quantitative estimate of drug-likeness (QED) is 0.410. The molecule has 0 amide bonds. The molecule has 11 heteroatoms. The van der Waals surface area contributed by atoms with Crippen molar-refractivity contribution < 1.29 is 24.9 Å². The Morgan fingerprint density at radius 1 is 1.36 bits per heavy atom. The molecule has 1 aliphatic heterocycles. The zero-order valence-corrected chi connectivity index (χ0v) is 14.5. The Hall–Kier alpha value is -1.56. The number of anilines is 1. The standard InChI is InChI=1S/C14H20ClN5O5/c1-6(2)4-24-19-11-8-12(18-14(15)17-11)20(5-16-8)13-10(23)9(22)7(3-21)25-13/h5-7,9-10,13,21-23H,3-4H2,1-2H3,(H,17,18,19)/t7-,9?,10?,13-/m1/s1. The molecule has 3 heterocycles. The summed E-state index contributed by atoms with van der Waals surface area (Å²) in [6.07, 6.45) is -2.95. The maximum Gasteiger partial charge on any atom is 0.226 e. The first kappa shape index (κ1) is 18.2. The smallest absolute Gasteiger partial charge is 0.226 e. The number of nitrogens with zero attached hydrogens (tertiary/aromatic N) is 4. The summed E-state index contributed by atoms with van der Waals surface area (Å²) in [5.41, 5.74) is 3.36. The van der Waals surface area contributed by atoms with Gasteiger partial charge in [-0.25, -0.2) is 10.5 Å². The summed E-state index contributed by atoms with van der Waals surface area (Å²) < 4.78 is 6.93. The van der Waals surface area contributed by atoms with Crippen LogP contribution in [0.5, 0.6) is 0 Å². The summed E-state index contributed by atoms with van der Waals surface area (Å²) in [7, 11) is 0. The van der Waals surface area contributed by atoms with Gasteiger partial charge in [0.1, 0.15) is 18.3 Å². The van der Waals surface area contributed by atoms with E-state index >= 15 is 0 Å². The predicted molar refractivity (Wildman–Crippen MR) is 87.8 cm³/mol. The lowest BCUT2D eigenvalue weighted by Crippen LogP contribution is -2.33. The van der Waals surface area contributed by atoms with Gasteiger partial charge in [0.2, 0.25) is 5.28 Å². The van der Waals surface area contributed by atoms with Gasteiger partial charge in [0.05, 0.1) is 19.5 Å². The predicted octanol–water partition coefficient (Wildman–Crippen LogP) is 0.0907. The highest BCUT2D eigenvalue weighted by Gasteiger charge is 2.44. The maximum absolute atomic E-state index is 10.2. The molecule has 4 atom stereocenters. The minimum atomic E-state index is -1.25. The molecule has 3 rings (SSSR count). The molecular weight excluding hydrogens is 354 g/mol. The van der Waals surface area contributed by atoms with Gasteiger partial charge in [0.25, 0.3) is 0 Å². The molecule has 2 unspecified atom stereocenters. The fourth-order valence-electron chi connectivity index (χ4n) is 2.53. The molecule has 1 fully saturated rings. The first-order valence-corrected chi connectivity index (χ1v) is 8.20. The summed E-state index contributed by atoms with van der Waals surface area (Å²) in [5, 5.41) is 29.3. The van der Waals surface area contributed by atoms with Crippen LogP contribution in [0.1, 0.15) is 20.1 Å². The van der Waals surface area contributed by atoms with Gasteiger partial charge in [-0.15, -0.1) is 0 Å². The fraction of sp³-hybridized carbons (Fsp3) is 0.643. The minimum absolute atomic E-state index is 0.0448. The van der Waals surface area contributed by atoms with E-state index in [0.717, 1.165) is 0 Å². The highest BCUT2D eigenvalue weighted by molar-refractivity contribution is 6.28. The van der Waals surface area contributed by atoms with Gasteiger partial charge in [-0.2, -0.15) is 9.97 Å². The van der Waals surface area contributed by atoms with Crippen LogP contribution in [-0.2, 0) is 9.57 Å². The van der Waals surface area contributed by atoms with Crippen LogP contribution in [0.4, 0.5) is 5.82 Å². The Balaban J connectivity index is 1.92. The molecule has 2 aromatic rings. The van der Waals surface area contributed by atoms with Gasteiger partial charge < -0.3 is 20.1 Å². The minimum Gasteiger partial charge on any atom is -0.394 e. The Bertz CT molecular complexity index is 742. The maximum atomic E-state index is 10.2. The van der Waals surface area contributed by atoms with Gasteiger partial charge in [-0.3, -0.25) is 9.40 Å². The highest BCUT2D eigenvalue weighted by atomic mass is 35.5. The van der Waals surface area contributed by atoms with Crippen LogP contribution in [0, 0.1) is 5.92 Å². The lowest BCUT2D eigenvalue weighted by molar-refractivity contribution is -0.0511. The number of aromatic nitrogens is 4. The molecule has 1 saturated heterocycles. The van der Waals surface area contributed by atoms with Crippen molar-refractivity contribution >= 4 is 28.6 Å². The van der Waals surface area contributed by atoms with Crippen LogP contribution in [0.2, 0.25) is 5.28 Å². The van der Waals surface area contributed by atoms with Gasteiger partial charge in [0.15, 0.2) is 23.2 Å². The second kappa shape index (κ2) is 7.36. The van der Waals surface area contributed by atoms with Crippen molar-refractivity contribution in [3.8, 4) is 0 Å². The Labute approximate surface area is 148 Å². The fourth-order valence-corrected chi connectivity index (χ4v) is 2.70. The van der Waals surface area contributed by atoms with E-state index in [1.165, 1.54) is 10.9 Å². The normalized spacial score (nSPS) is 26.7. The number of aliphatic hydroxyl groups excluding tert-OH is 3. The number of rotatable bonds is 6. The number of nitrogens with one attached hydrogen (secondary N) is 1. The van der Waals surface area contributed by atoms with Crippen molar-refractivity contribution in [1.29, 1.82) is 0 Å². The molecule has 25 heavy (non-hydrogen) atoms. The Morgan fingerprint density at radius 3 is 2.76 bits per heavy atom. The van der Waals surface area contributed by atoms with Crippen LogP contribution < -0.4 is 5.48 Å². The third-order valence-corrected chi connectivity index (χ3v) is 3.94. The van der Waals surface area contributed by atoms with Crippen molar-refractivity contribution in [3.63, 3.8) is 0 Å². The molecule has 0 aromatic carbocycles. The molecule has 4 N–H and O–H groups in total. The number of aliphatic hydroxyl groups is 3. The molecule has 138 valence electrons. The van der Waals surface area contributed by atoms with E-state index in [1.807, 2.05) is 13.8 Å². The third kappa shape index (κ3) is 3.54. The van der Waals surface area contributed by atoms with Crippen LogP contribution in [0.25, 0.3) is 11.2 Å². The first-order chi connectivity index (χ1) is 11.9. The van der Waals surface area contributed by atoms with E-state index in [4.69, 9.17) is 21.2 Å². The number of hydrogen-bond donors (Lipinski definition) is 4. The monoisotopic (exact) mass is 373 g/mol. The molecule has 10 nitrogen and oxygen atoms in total. The van der Waals surface area contributed by atoms with E-state index in [9.17, 15) is 15.3 Å². The lowest BCUT2D eigenvalue weighted by atomic mass is 10.1. The number of ether oxygens (including phenoxy) is 1. The summed E-state index contributed by atoms with van der Waals surface area (Å²) in [6, 6.07) is 0. The molecule has 0 bridgehead atoms. The van der Waals surface area contributed by atoms with Gasteiger partial charge in [-0.05, 0) is 17.5 Å². The van der Waals surface area contributed by atoms with Crippen molar-refractivity contribution in [2.75, 3.05) is 18.7 Å². The molecule has 0 spiro atoms. The van der Waals surface area contributed by atoms with E-state index < -0.39 is 31.1 Å². The molecule has 0 radical (unpaired) electrons. The summed E-state index contributed by atoms with van der Waals surface area (Å²) >= 11 is 5.97. The second-order valence-corrected chi connectivity index (χ2v) is 6.54. The second-order valence-electron chi connectivity index (χ2n) is 6.20. The van der Waals surface area contributed by atoms with Crippen LogP contribution >= 0.6 is 11.6 Å². The molecule has 1 aliphatic rings. The lowest BCUT2D eigenvalue weighted by Gasteiger charge is -2.16. The number of halogens is 1. The van der Waals surface area contributed by atoms with Crippen molar-refractivity contribution in [2.45, 2.75) is 38.4 Å². The Kier molecular flexibility index (Phi) is 5.37. The van der Waals surface area contributed by atoms with Gasteiger partial charge in [0, 0.05) is 0 Å². The number of fused-ring (bicyclic) bond motifs is 1. The van der Waals surface area contributed by atoms with Gasteiger partial charge in [-0.1, -0.05) is 13.8 Å². The van der Waals surface area contributed by atoms with Crippen LogP contribution in [0.3, 0.4) is 0 Å². The number of imidazole rings is 1. The summed E-state index contributed by atoms with van der Waals surface area (Å²) in [6.45, 7) is 4.03. The molecular formula is C14H20ClN5O5. The average molecular weight is 374 g/mol. The zero-order chi connectivity index (χ0) is 18.1.